The van der Waals surface area contributed by atoms with Crippen molar-refractivity contribution in [2.24, 2.45) is 0 Å². The van der Waals surface area contributed by atoms with Gasteiger partial charge in [-0.25, -0.2) is 0 Å². The normalized spacial score (nSPS) is 16.2. The number of hydrogen-bond donors (Lipinski definition) is 0. The van der Waals surface area contributed by atoms with Crippen LogP contribution in [0.4, 0.5) is 0 Å². The number of rotatable bonds is 3. The smallest absolute Gasteiger partial charge is 0.221 e. The summed E-state index contributed by atoms with van der Waals surface area (Å²) in [4.78, 5) is 16.3. The van der Waals surface area contributed by atoms with E-state index in [-0.39, 0.29) is 11.0 Å². The quantitative estimate of drug-likeness (QED) is 0.809. The first-order valence-corrected chi connectivity index (χ1v) is 6.30. The van der Waals surface area contributed by atoms with E-state index in [0.717, 1.165) is 11.3 Å². The van der Waals surface area contributed by atoms with Crippen molar-refractivity contribution in [3.8, 4) is 0 Å². The molecule has 1 aliphatic heterocycles. The molecule has 16 heavy (non-hydrogen) atoms. The molecule has 4 heteroatoms. The van der Waals surface area contributed by atoms with Crippen molar-refractivity contribution in [2.75, 3.05) is 13.2 Å². The number of hydrogen-bond acceptors (Lipinski definition) is 4. The van der Waals surface area contributed by atoms with Crippen LogP contribution in [0.5, 0.6) is 0 Å². The fourth-order valence-corrected chi connectivity index (χ4v) is 2.48. The molecule has 3 nitrogen and oxygen atoms in total. The van der Waals surface area contributed by atoms with Crippen LogP contribution < -0.4 is 0 Å². The maximum absolute atomic E-state index is 12.0. The third kappa shape index (κ3) is 2.44. The number of nitrogens with zero attached hydrogens (tertiary/aromatic N) is 1. The molecule has 2 heterocycles. The monoisotopic (exact) mass is 237 g/mol. The number of pyridine rings is 1. The summed E-state index contributed by atoms with van der Waals surface area (Å²) in [5.74, 6) is 0.276. The molecule has 0 unspecified atom stereocenters. The predicted octanol–water partition coefficient (Wildman–Crippen LogP) is 2.48. The van der Waals surface area contributed by atoms with Gasteiger partial charge in [0.05, 0.1) is 29.7 Å². The molecule has 0 bridgehead atoms. The Labute approximate surface area is 99.6 Å². The average Bonchev–Trinajstić information content (AvgIpc) is 2.23. The van der Waals surface area contributed by atoms with Gasteiger partial charge in [0.1, 0.15) is 0 Å². The molecule has 0 aliphatic carbocycles. The number of aromatic nitrogens is 1. The number of carbonyl (C=O) groups is 1. The minimum atomic E-state index is 0.116. The first-order valence-electron chi connectivity index (χ1n) is 5.42. The summed E-state index contributed by atoms with van der Waals surface area (Å²) in [6.45, 7) is 5.48. The highest BCUT2D eigenvalue weighted by Gasteiger charge is 2.25. The van der Waals surface area contributed by atoms with Crippen LogP contribution in [0.1, 0.15) is 35.8 Å². The van der Waals surface area contributed by atoms with E-state index in [9.17, 15) is 4.79 Å². The van der Waals surface area contributed by atoms with E-state index in [1.165, 1.54) is 11.8 Å². The zero-order valence-electron chi connectivity index (χ0n) is 9.47. The van der Waals surface area contributed by atoms with Gasteiger partial charge >= 0.3 is 0 Å². The maximum Gasteiger partial charge on any atom is 0.221 e. The number of carbonyl (C=O) groups excluding carboxylic acids is 1. The Morgan fingerprint density at radius 3 is 2.88 bits per heavy atom. The van der Waals surface area contributed by atoms with Gasteiger partial charge in [0, 0.05) is 6.20 Å². The van der Waals surface area contributed by atoms with Gasteiger partial charge in [-0.05, 0) is 18.1 Å². The predicted molar refractivity (Wildman–Crippen MR) is 64.9 cm³/mol. The number of ether oxygens (including phenoxy) is 1. The Balaban J connectivity index is 2.14. The average molecular weight is 237 g/mol. The zero-order valence-corrected chi connectivity index (χ0v) is 10.3. The van der Waals surface area contributed by atoms with E-state index < -0.39 is 0 Å². The first-order chi connectivity index (χ1) is 7.68. The molecule has 0 radical (unpaired) electrons. The Bertz CT molecular complexity index is 388. The lowest BCUT2D eigenvalue weighted by Gasteiger charge is -2.24. The minimum Gasteiger partial charge on any atom is -0.379 e. The summed E-state index contributed by atoms with van der Waals surface area (Å²) in [7, 11) is 0. The lowest BCUT2D eigenvalue weighted by Crippen LogP contribution is -2.31. The van der Waals surface area contributed by atoms with Gasteiger partial charge in [-0.3, -0.25) is 9.78 Å². The van der Waals surface area contributed by atoms with E-state index in [1.807, 2.05) is 12.1 Å². The fourth-order valence-electron chi connectivity index (χ4n) is 1.55. The largest absolute Gasteiger partial charge is 0.379 e. The molecule has 1 aromatic heterocycles. The summed E-state index contributed by atoms with van der Waals surface area (Å²) in [6, 6.07) is 3.67. The van der Waals surface area contributed by atoms with Crippen LogP contribution >= 0.6 is 11.8 Å². The number of thioether (sulfide) groups is 1. The maximum atomic E-state index is 12.0. The molecule has 0 atom stereocenters. The third-order valence-electron chi connectivity index (χ3n) is 2.49. The lowest BCUT2D eigenvalue weighted by atomic mass is 10.1. The third-order valence-corrected chi connectivity index (χ3v) is 3.53. The van der Waals surface area contributed by atoms with Gasteiger partial charge in [-0.15, -0.1) is 0 Å². The van der Waals surface area contributed by atoms with Crippen molar-refractivity contribution in [1.82, 2.24) is 4.98 Å². The Morgan fingerprint density at radius 2 is 2.31 bits per heavy atom. The highest BCUT2D eigenvalue weighted by molar-refractivity contribution is 8.14. The molecule has 86 valence electrons. The Morgan fingerprint density at radius 1 is 1.56 bits per heavy atom. The molecule has 0 amide bonds. The molecule has 0 N–H and O–H groups in total. The van der Waals surface area contributed by atoms with Crippen LogP contribution in [0, 0.1) is 0 Å². The topological polar surface area (TPSA) is 39.2 Å². The Hall–Kier alpha value is -0.870. The molecule has 0 aromatic carbocycles. The van der Waals surface area contributed by atoms with Crippen LogP contribution in [0.3, 0.4) is 0 Å². The molecule has 0 saturated carbocycles. The zero-order chi connectivity index (χ0) is 11.5. The second-order valence-electron chi connectivity index (χ2n) is 4.16. The second kappa shape index (κ2) is 4.97. The molecule has 2 rings (SSSR count). The highest BCUT2D eigenvalue weighted by Crippen LogP contribution is 2.26. The van der Waals surface area contributed by atoms with E-state index in [2.05, 4.69) is 18.8 Å². The molecule has 1 saturated heterocycles. The van der Waals surface area contributed by atoms with E-state index in [0.29, 0.717) is 18.5 Å². The van der Waals surface area contributed by atoms with Crippen molar-refractivity contribution in [3.05, 3.63) is 29.6 Å². The van der Waals surface area contributed by atoms with Gasteiger partial charge in [0.25, 0.3) is 0 Å². The molecule has 1 fully saturated rings. The van der Waals surface area contributed by atoms with Crippen molar-refractivity contribution in [2.45, 2.75) is 25.0 Å². The Kier molecular flexibility index (Phi) is 3.61. The van der Waals surface area contributed by atoms with Gasteiger partial charge in [0.2, 0.25) is 5.12 Å². The van der Waals surface area contributed by atoms with Crippen molar-refractivity contribution < 1.29 is 9.53 Å². The molecule has 1 aliphatic rings. The van der Waals surface area contributed by atoms with Gasteiger partial charge < -0.3 is 4.74 Å². The summed E-state index contributed by atoms with van der Waals surface area (Å²) in [5, 5.41) is 0.442. The summed E-state index contributed by atoms with van der Waals surface area (Å²) >= 11 is 1.37. The first kappa shape index (κ1) is 11.6. The summed E-state index contributed by atoms with van der Waals surface area (Å²) < 4.78 is 5.06. The van der Waals surface area contributed by atoms with Gasteiger partial charge in [-0.1, -0.05) is 25.6 Å². The standard InChI is InChI=1S/C12H15NO2S/c1-8(2)11-10(4-3-5-13-11)12(14)16-9-6-15-7-9/h3-5,8-9H,6-7H2,1-2H3. The fraction of sp³-hybridized carbons (Fsp3) is 0.500. The van der Waals surface area contributed by atoms with E-state index in [1.54, 1.807) is 6.20 Å². The van der Waals surface area contributed by atoms with Crippen LogP contribution in [0.15, 0.2) is 18.3 Å². The molecular formula is C12H15NO2S. The lowest BCUT2D eigenvalue weighted by molar-refractivity contribution is 0.0453. The molecule has 0 spiro atoms. The van der Waals surface area contributed by atoms with Crippen molar-refractivity contribution in [1.29, 1.82) is 0 Å². The van der Waals surface area contributed by atoms with Crippen LogP contribution in [0.2, 0.25) is 0 Å². The van der Waals surface area contributed by atoms with Crippen molar-refractivity contribution in [3.63, 3.8) is 0 Å². The minimum absolute atomic E-state index is 0.116. The molecular weight excluding hydrogens is 222 g/mol. The SMILES string of the molecule is CC(C)c1ncccc1C(=O)SC1COC1. The van der Waals surface area contributed by atoms with Crippen molar-refractivity contribution >= 4 is 16.9 Å². The second-order valence-corrected chi connectivity index (χ2v) is 5.43. The van der Waals surface area contributed by atoms with E-state index in [4.69, 9.17) is 4.74 Å². The summed E-state index contributed by atoms with van der Waals surface area (Å²) in [6.07, 6.45) is 1.74. The van der Waals surface area contributed by atoms with Gasteiger partial charge in [0.15, 0.2) is 0 Å². The van der Waals surface area contributed by atoms with Crippen LogP contribution in [-0.4, -0.2) is 28.6 Å². The van der Waals surface area contributed by atoms with Crippen LogP contribution in [0.25, 0.3) is 0 Å². The summed E-state index contributed by atoms with van der Waals surface area (Å²) in [5.41, 5.74) is 1.63. The van der Waals surface area contributed by atoms with E-state index >= 15 is 0 Å². The highest BCUT2D eigenvalue weighted by atomic mass is 32.2. The van der Waals surface area contributed by atoms with Crippen LogP contribution in [-0.2, 0) is 4.74 Å². The molecule has 1 aromatic rings. The van der Waals surface area contributed by atoms with Gasteiger partial charge in [-0.2, -0.15) is 0 Å².